The molecule has 0 heterocycles. The van der Waals surface area contributed by atoms with E-state index in [1.54, 1.807) is 25.9 Å². The molecule has 0 fully saturated rings. The third kappa shape index (κ3) is 5.04. The van der Waals surface area contributed by atoms with Gasteiger partial charge in [0.1, 0.15) is 5.57 Å². The third-order valence-corrected chi connectivity index (χ3v) is 1.74. The Kier molecular flexibility index (Phi) is 6.36. The Hall–Kier alpha value is -0.740. The number of hydrogen-bond donors (Lipinski definition) is 0. The molecule has 4 nitrogen and oxygen atoms in total. The van der Waals surface area contributed by atoms with E-state index in [2.05, 4.69) is 0 Å². The molecule has 0 amide bonds. The molecule has 0 rings (SSSR count). The second-order valence-corrected chi connectivity index (χ2v) is 3.99. The van der Waals surface area contributed by atoms with Crippen molar-refractivity contribution in [2.45, 2.75) is 11.8 Å². The Morgan fingerprint density at radius 1 is 1.40 bits per heavy atom. The lowest BCUT2D eigenvalue weighted by Crippen LogP contribution is -2.22. The Balaban J connectivity index is 4.90. The Morgan fingerprint density at radius 3 is 2.27 bits per heavy atom. The number of hydrogen-bond acceptors (Lipinski definition) is 4. The predicted octanol–water partition coefficient (Wildman–Crippen LogP) is 1.37. The zero-order chi connectivity index (χ0) is 12.0. The van der Waals surface area contributed by atoms with Gasteiger partial charge < -0.3 is 9.64 Å². The summed E-state index contributed by atoms with van der Waals surface area (Å²) in [5, 5.41) is 0. The van der Waals surface area contributed by atoms with E-state index >= 15 is 0 Å². The van der Waals surface area contributed by atoms with E-state index in [0.717, 1.165) is 0 Å². The van der Waals surface area contributed by atoms with Crippen LogP contribution in [-0.4, -0.2) is 42.2 Å². The molecule has 0 N–H and O–H groups in total. The fourth-order valence-corrected chi connectivity index (χ4v) is 1.04. The zero-order valence-corrected chi connectivity index (χ0v) is 10.3. The normalized spacial score (nSPS) is 11.5. The molecule has 0 aliphatic heterocycles. The van der Waals surface area contributed by atoms with Gasteiger partial charge in [-0.15, -0.1) is 0 Å². The maximum Gasteiger partial charge on any atom is 0.343 e. The summed E-state index contributed by atoms with van der Waals surface area (Å²) in [6.07, 6.45) is 1.33. The molecule has 0 atom stereocenters. The van der Waals surface area contributed by atoms with Crippen molar-refractivity contribution in [1.29, 1.82) is 0 Å². The molecule has 0 saturated heterocycles. The Morgan fingerprint density at radius 2 is 1.93 bits per heavy atom. The van der Waals surface area contributed by atoms with Crippen LogP contribution in [0.5, 0.6) is 0 Å². The first-order chi connectivity index (χ1) is 6.90. The van der Waals surface area contributed by atoms with Crippen molar-refractivity contribution < 1.29 is 14.3 Å². The molecular formula is C9H13Cl2NO3. The van der Waals surface area contributed by atoms with Crippen molar-refractivity contribution in [3.63, 3.8) is 0 Å². The summed E-state index contributed by atoms with van der Waals surface area (Å²) in [4.78, 5) is 23.1. The van der Waals surface area contributed by atoms with Crippen LogP contribution >= 0.6 is 23.2 Å². The van der Waals surface area contributed by atoms with Gasteiger partial charge in [0.2, 0.25) is 5.78 Å². The molecule has 0 aliphatic carbocycles. The predicted molar refractivity (Wildman–Crippen MR) is 58.9 cm³/mol. The van der Waals surface area contributed by atoms with Crippen LogP contribution in [0.3, 0.4) is 0 Å². The lowest BCUT2D eigenvalue weighted by molar-refractivity contribution is -0.140. The van der Waals surface area contributed by atoms with Crippen LogP contribution in [0.25, 0.3) is 0 Å². The number of halogens is 2. The summed E-state index contributed by atoms with van der Waals surface area (Å²) >= 11 is 10.8. The van der Waals surface area contributed by atoms with Crippen molar-refractivity contribution in [1.82, 2.24) is 4.90 Å². The lowest BCUT2D eigenvalue weighted by atomic mass is 10.2. The molecule has 0 bridgehead atoms. The fourth-order valence-electron chi connectivity index (χ4n) is 0.802. The molecule has 0 aliphatic rings. The van der Waals surface area contributed by atoms with Gasteiger partial charge in [-0.25, -0.2) is 4.79 Å². The highest BCUT2D eigenvalue weighted by Crippen LogP contribution is 2.12. The van der Waals surface area contributed by atoms with Gasteiger partial charge >= 0.3 is 5.97 Å². The second-order valence-electron chi connectivity index (χ2n) is 2.89. The fraction of sp³-hybridized carbons (Fsp3) is 0.556. The summed E-state index contributed by atoms with van der Waals surface area (Å²) in [7, 11) is 3.34. The van der Waals surface area contributed by atoms with Gasteiger partial charge in [-0.3, -0.25) is 4.79 Å². The highest BCUT2D eigenvalue weighted by atomic mass is 35.5. The van der Waals surface area contributed by atoms with Crippen molar-refractivity contribution in [2.75, 3.05) is 20.7 Å². The number of alkyl halides is 2. The number of ether oxygens (including phenoxy) is 1. The minimum atomic E-state index is -1.26. The molecule has 6 heteroatoms. The lowest BCUT2D eigenvalue weighted by Gasteiger charge is -2.10. The average molecular weight is 254 g/mol. The SMILES string of the molecule is CCOC(=O)/C(=C/N(C)C)C(=O)C(Cl)Cl. The van der Waals surface area contributed by atoms with E-state index in [9.17, 15) is 9.59 Å². The van der Waals surface area contributed by atoms with Gasteiger partial charge in [0, 0.05) is 20.3 Å². The summed E-state index contributed by atoms with van der Waals surface area (Å²) in [6, 6.07) is 0. The molecule has 0 saturated carbocycles. The van der Waals surface area contributed by atoms with Gasteiger partial charge in [-0.05, 0) is 6.92 Å². The molecule has 15 heavy (non-hydrogen) atoms. The van der Waals surface area contributed by atoms with E-state index in [-0.39, 0.29) is 12.2 Å². The first-order valence-corrected chi connectivity index (χ1v) is 5.15. The van der Waals surface area contributed by atoms with Gasteiger partial charge in [0.15, 0.2) is 4.84 Å². The van der Waals surface area contributed by atoms with E-state index in [4.69, 9.17) is 27.9 Å². The van der Waals surface area contributed by atoms with Crippen LogP contribution in [0.1, 0.15) is 6.92 Å². The van der Waals surface area contributed by atoms with Gasteiger partial charge in [0.25, 0.3) is 0 Å². The summed E-state index contributed by atoms with van der Waals surface area (Å²) in [5.74, 6) is -1.38. The van der Waals surface area contributed by atoms with E-state index in [1.165, 1.54) is 6.20 Å². The first-order valence-electron chi connectivity index (χ1n) is 4.27. The second kappa shape index (κ2) is 6.69. The summed E-state index contributed by atoms with van der Waals surface area (Å²) in [6.45, 7) is 1.83. The Bertz CT molecular complexity index is 275. The third-order valence-electron chi connectivity index (χ3n) is 1.35. The summed E-state index contributed by atoms with van der Waals surface area (Å²) < 4.78 is 4.70. The average Bonchev–Trinajstić information content (AvgIpc) is 2.13. The highest BCUT2D eigenvalue weighted by molar-refractivity contribution is 6.56. The molecule has 0 spiro atoms. The van der Waals surface area contributed by atoms with E-state index in [1.807, 2.05) is 0 Å². The largest absolute Gasteiger partial charge is 0.462 e. The number of carbonyl (C=O) groups is 2. The number of nitrogens with zero attached hydrogens (tertiary/aromatic N) is 1. The van der Waals surface area contributed by atoms with Gasteiger partial charge in [0.05, 0.1) is 6.61 Å². The minimum absolute atomic E-state index is 0.156. The quantitative estimate of drug-likeness (QED) is 0.244. The maximum absolute atomic E-state index is 11.4. The van der Waals surface area contributed by atoms with Crippen molar-refractivity contribution >= 4 is 35.0 Å². The standard InChI is InChI=1S/C9H13Cl2NO3/c1-4-15-9(14)6(5-12(2)3)7(13)8(10)11/h5,8H,4H2,1-3H3/b6-5+. The van der Waals surface area contributed by atoms with E-state index in [0.29, 0.717) is 0 Å². The topological polar surface area (TPSA) is 46.6 Å². The summed E-state index contributed by atoms with van der Waals surface area (Å²) in [5.41, 5.74) is -0.156. The molecule has 0 radical (unpaired) electrons. The number of carbonyl (C=O) groups excluding carboxylic acids is 2. The number of esters is 1. The zero-order valence-electron chi connectivity index (χ0n) is 8.79. The van der Waals surface area contributed by atoms with Crippen LogP contribution < -0.4 is 0 Å². The van der Waals surface area contributed by atoms with Crippen LogP contribution in [-0.2, 0) is 14.3 Å². The molecule has 86 valence electrons. The van der Waals surface area contributed by atoms with Crippen LogP contribution in [0.2, 0.25) is 0 Å². The van der Waals surface area contributed by atoms with Crippen LogP contribution in [0, 0.1) is 0 Å². The van der Waals surface area contributed by atoms with Crippen LogP contribution in [0.4, 0.5) is 0 Å². The number of Topliss-reactive ketones (excluding diaryl/α,β-unsaturated/α-hetero) is 1. The van der Waals surface area contributed by atoms with Gasteiger partial charge in [-0.1, -0.05) is 23.2 Å². The Labute approximate surface area is 98.8 Å². The molecule has 0 aromatic carbocycles. The van der Waals surface area contributed by atoms with Crippen molar-refractivity contribution in [3.8, 4) is 0 Å². The number of ketones is 1. The van der Waals surface area contributed by atoms with Crippen LogP contribution in [0.15, 0.2) is 11.8 Å². The molecule has 0 unspecified atom stereocenters. The monoisotopic (exact) mass is 253 g/mol. The highest BCUT2D eigenvalue weighted by Gasteiger charge is 2.24. The molecule has 0 aromatic heterocycles. The smallest absolute Gasteiger partial charge is 0.343 e. The van der Waals surface area contributed by atoms with Crippen molar-refractivity contribution in [2.24, 2.45) is 0 Å². The maximum atomic E-state index is 11.4. The van der Waals surface area contributed by atoms with Crippen molar-refractivity contribution in [3.05, 3.63) is 11.8 Å². The molecular weight excluding hydrogens is 241 g/mol. The molecule has 0 aromatic rings. The van der Waals surface area contributed by atoms with E-state index < -0.39 is 16.6 Å². The number of rotatable bonds is 5. The first kappa shape index (κ1) is 14.3. The van der Waals surface area contributed by atoms with Gasteiger partial charge in [-0.2, -0.15) is 0 Å². The minimum Gasteiger partial charge on any atom is -0.462 e.